The number of carbonyl (C=O) groups excluding carboxylic acids is 1. The van der Waals surface area contributed by atoms with Crippen molar-refractivity contribution in [2.24, 2.45) is 0 Å². The normalized spacial score (nSPS) is 17.8. The molecule has 4 rings (SSSR count). The number of ether oxygens (including phenoxy) is 1. The van der Waals surface area contributed by atoms with Crippen LogP contribution in [0.3, 0.4) is 0 Å². The SMILES string of the molecule is CCN(C[C@@]1(C)CCc2cc(-c3ncccn3)c(C)nc2N1)C(=O)[C@H](C)c1ccnc(OC(F)F)c1. The van der Waals surface area contributed by atoms with Crippen LogP contribution in [-0.2, 0) is 11.2 Å². The molecule has 1 N–H and O–H groups in total. The van der Waals surface area contributed by atoms with Crippen molar-refractivity contribution < 1.29 is 18.3 Å². The molecule has 1 amide bonds. The molecule has 0 saturated carbocycles. The highest BCUT2D eigenvalue weighted by Gasteiger charge is 2.35. The molecule has 0 fully saturated rings. The van der Waals surface area contributed by atoms with Gasteiger partial charge in [0.1, 0.15) is 5.82 Å². The summed E-state index contributed by atoms with van der Waals surface area (Å²) in [6.45, 7) is 5.72. The van der Waals surface area contributed by atoms with E-state index in [4.69, 9.17) is 4.98 Å². The van der Waals surface area contributed by atoms with Crippen LogP contribution in [0.5, 0.6) is 5.88 Å². The van der Waals surface area contributed by atoms with Gasteiger partial charge in [-0.05, 0) is 69.9 Å². The fourth-order valence-corrected chi connectivity index (χ4v) is 4.52. The van der Waals surface area contributed by atoms with E-state index in [1.165, 1.54) is 12.3 Å². The predicted octanol–water partition coefficient (Wildman–Crippen LogP) is 4.61. The molecule has 3 aromatic heterocycles. The minimum atomic E-state index is -2.97. The first-order valence-corrected chi connectivity index (χ1v) is 11.9. The molecule has 190 valence electrons. The number of anilines is 1. The summed E-state index contributed by atoms with van der Waals surface area (Å²) in [7, 11) is 0. The Morgan fingerprint density at radius 2 is 1.97 bits per heavy atom. The number of aryl methyl sites for hydroxylation is 2. The number of amides is 1. The standard InChI is InChI=1S/C26H30F2N6O2/c1-5-34(24(35)16(2)18-8-12-29-21(14-18)36-25(27)28)15-26(4)9-7-19-13-20(17(3)32-22(19)33-26)23-30-10-6-11-31-23/h6,8,10-14,16,25H,5,7,9,15H2,1-4H3,(H,32,33)/t16-,26-/m1/s1. The summed E-state index contributed by atoms with van der Waals surface area (Å²) < 4.78 is 29.6. The number of aromatic nitrogens is 4. The first-order valence-electron chi connectivity index (χ1n) is 11.9. The predicted molar refractivity (Wildman–Crippen MR) is 132 cm³/mol. The van der Waals surface area contributed by atoms with Crippen molar-refractivity contribution in [1.29, 1.82) is 0 Å². The summed E-state index contributed by atoms with van der Waals surface area (Å²) in [4.78, 5) is 32.5. The minimum absolute atomic E-state index is 0.0961. The first kappa shape index (κ1) is 25.4. The van der Waals surface area contributed by atoms with Gasteiger partial charge in [-0.2, -0.15) is 8.78 Å². The molecule has 0 aromatic carbocycles. The number of hydrogen-bond acceptors (Lipinski definition) is 7. The monoisotopic (exact) mass is 496 g/mol. The van der Waals surface area contributed by atoms with Gasteiger partial charge in [-0.25, -0.2) is 19.9 Å². The van der Waals surface area contributed by atoms with Gasteiger partial charge in [0.25, 0.3) is 0 Å². The van der Waals surface area contributed by atoms with Crippen LogP contribution in [0.1, 0.15) is 49.9 Å². The lowest BCUT2D eigenvalue weighted by molar-refractivity contribution is -0.133. The van der Waals surface area contributed by atoms with E-state index in [1.807, 2.05) is 13.8 Å². The molecule has 1 aliphatic rings. The zero-order valence-corrected chi connectivity index (χ0v) is 20.8. The van der Waals surface area contributed by atoms with E-state index in [9.17, 15) is 13.6 Å². The number of carbonyl (C=O) groups is 1. The summed E-state index contributed by atoms with van der Waals surface area (Å²) in [5.41, 5.74) is 3.01. The zero-order valence-electron chi connectivity index (χ0n) is 20.8. The van der Waals surface area contributed by atoms with E-state index in [0.29, 0.717) is 24.5 Å². The van der Waals surface area contributed by atoms with Crippen LogP contribution >= 0.6 is 0 Å². The van der Waals surface area contributed by atoms with E-state index in [-0.39, 0.29) is 17.3 Å². The van der Waals surface area contributed by atoms with Crippen LogP contribution in [0, 0.1) is 6.92 Å². The van der Waals surface area contributed by atoms with Gasteiger partial charge >= 0.3 is 6.61 Å². The van der Waals surface area contributed by atoms with E-state index in [0.717, 1.165) is 35.5 Å². The average molecular weight is 497 g/mol. The quantitative estimate of drug-likeness (QED) is 0.487. The van der Waals surface area contributed by atoms with Crippen LogP contribution in [0.2, 0.25) is 0 Å². The van der Waals surface area contributed by atoms with Crippen LogP contribution < -0.4 is 10.1 Å². The molecule has 0 bridgehead atoms. The lowest BCUT2D eigenvalue weighted by Gasteiger charge is -2.40. The van der Waals surface area contributed by atoms with Gasteiger partial charge in [0, 0.05) is 43.3 Å². The number of rotatable bonds is 8. The minimum Gasteiger partial charge on any atom is -0.417 e. The topological polar surface area (TPSA) is 93.1 Å². The van der Waals surface area contributed by atoms with Gasteiger partial charge in [0.05, 0.1) is 17.2 Å². The van der Waals surface area contributed by atoms with Gasteiger partial charge < -0.3 is 15.0 Å². The maximum atomic E-state index is 13.4. The second-order valence-electron chi connectivity index (χ2n) is 9.27. The van der Waals surface area contributed by atoms with Crippen LogP contribution in [0.4, 0.5) is 14.6 Å². The Morgan fingerprint density at radius 3 is 2.67 bits per heavy atom. The molecule has 2 atom stereocenters. The van der Waals surface area contributed by atoms with Crippen molar-refractivity contribution in [3.8, 4) is 17.3 Å². The smallest absolute Gasteiger partial charge is 0.388 e. The van der Waals surface area contributed by atoms with Gasteiger partial charge in [0.15, 0.2) is 5.82 Å². The molecular formula is C26H30F2N6O2. The Hall–Kier alpha value is -3.69. The van der Waals surface area contributed by atoms with Gasteiger partial charge in [-0.3, -0.25) is 4.79 Å². The van der Waals surface area contributed by atoms with Crippen molar-refractivity contribution in [2.45, 2.75) is 58.6 Å². The summed E-state index contributed by atoms with van der Waals surface area (Å²) in [5, 5.41) is 3.56. The van der Waals surface area contributed by atoms with E-state index in [1.54, 1.807) is 36.4 Å². The Bertz CT molecular complexity index is 1230. The number of pyridine rings is 2. The van der Waals surface area contributed by atoms with Crippen molar-refractivity contribution in [3.05, 3.63) is 59.7 Å². The van der Waals surface area contributed by atoms with E-state index < -0.39 is 12.5 Å². The molecule has 3 aromatic rings. The van der Waals surface area contributed by atoms with Crippen molar-refractivity contribution in [1.82, 2.24) is 24.8 Å². The summed E-state index contributed by atoms with van der Waals surface area (Å²) in [6, 6.07) is 6.91. The Kier molecular flexibility index (Phi) is 7.42. The first-order chi connectivity index (χ1) is 17.2. The lowest BCUT2D eigenvalue weighted by Crippen LogP contribution is -2.51. The van der Waals surface area contributed by atoms with Crippen molar-refractivity contribution in [2.75, 3.05) is 18.4 Å². The van der Waals surface area contributed by atoms with E-state index in [2.05, 4.69) is 38.0 Å². The third kappa shape index (κ3) is 5.58. The molecule has 0 unspecified atom stereocenters. The molecule has 0 spiro atoms. The molecule has 0 saturated heterocycles. The average Bonchev–Trinajstić information content (AvgIpc) is 2.86. The number of halogens is 2. The molecule has 0 aliphatic carbocycles. The summed E-state index contributed by atoms with van der Waals surface area (Å²) >= 11 is 0. The summed E-state index contributed by atoms with van der Waals surface area (Å²) in [5.74, 6) is 0.612. The van der Waals surface area contributed by atoms with Crippen LogP contribution in [0.25, 0.3) is 11.4 Å². The number of alkyl halides is 2. The number of nitrogens with zero attached hydrogens (tertiary/aromatic N) is 5. The third-order valence-corrected chi connectivity index (χ3v) is 6.54. The van der Waals surface area contributed by atoms with Gasteiger partial charge in [-0.15, -0.1) is 0 Å². The fourth-order valence-electron chi connectivity index (χ4n) is 4.52. The highest BCUT2D eigenvalue weighted by Crippen LogP contribution is 2.34. The largest absolute Gasteiger partial charge is 0.417 e. The molecule has 4 heterocycles. The highest BCUT2D eigenvalue weighted by atomic mass is 19.3. The summed E-state index contributed by atoms with van der Waals surface area (Å²) in [6.07, 6.45) is 6.40. The number of hydrogen-bond donors (Lipinski definition) is 1. The third-order valence-electron chi connectivity index (χ3n) is 6.54. The second-order valence-corrected chi connectivity index (χ2v) is 9.27. The van der Waals surface area contributed by atoms with E-state index >= 15 is 0 Å². The number of nitrogens with one attached hydrogen (secondary N) is 1. The Morgan fingerprint density at radius 1 is 1.22 bits per heavy atom. The zero-order chi connectivity index (χ0) is 25.9. The second kappa shape index (κ2) is 10.5. The van der Waals surface area contributed by atoms with Crippen molar-refractivity contribution in [3.63, 3.8) is 0 Å². The molecule has 8 nitrogen and oxygen atoms in total. The maximum Gasteiger partial charge on any atom is 0.388 e. The maximum absolute atomic E-state index is 13.4. The molecule has 10 heteroatoms. The fraction of sp³-hybridized carbons (Fsp3) is 0.423. The Labute approximate surface area is 209 Å². The van der Waals surface area contributed by atoms with Gasteiger partial charge in [0.2, 0.25) is 11.8 Å². The van der Waals surface area contributed by atoms with Crippen LogP contribution in [0.15, 0.2) is 42.9 Å². The molecule has 0 radical (unpaired) electrons. The van der Waals surface area contributed by atoms with Gasteiger partial charge in [-0.1, -0.05) is 0 Å². The molecular weight excluding hydrogens is 466 g/mol. The van der Waals surface area contributed by atoms with Crippen LogP contribution in [-0.4, -0.2) is 56.0 Å². The Balaban J connectivity index is 1.49. The number of fused-ring (bicyclic) bond motifs is 1. The van der Waals surface area contributed by atoms with Crippen molar-refractivity contribution >= 4 is 11.7 Å². The molecule has 1 aliphatic heterocycles. The number of likely N-dealkylation sites (N-methyl/N-ethyl adjacent to an activating group) is 1. The lowest BCUT2D eigenvalue weighted by atomic mass is 9.87. The highest BCUT2D eigenvalue weighted by molar-refractivity contribution is 5.83. The molecule has 36 heavy (non-hydrogen) atoms.